The third kappa shape index (κ3) is 8.48. The lowest BCUT2D eigenvalue weighted by Gasteiger charge is -2.34. The Hall–Kier alpha value is -4.05. The van der Waals surface area contributed by atoms with E-state index >= 15 is 0 Å². The number of sulfonamides is 1. The molecule has 0 heterocycles. The quantitative estimate of drug-likeness (QED) is 0.298. The summed E-state index contributed by atoms with van der Waals surface area (Å²) in [5, 5.41) is 2.97. The molecule has 0 bridgehead atoms. The molecule has 3 aromatic rings. The lowest BCUT2D eigenvalue weighted by Crippen LogP contribution is -2.55. The van der Waals surface area contributed by atoms with Gasteiger partial charge in [-0.05, 0) is 88.2 Å². The molecule has 226 valence electrons. The van der Waals surface area contributed by atoms with Gasteiger partial charge < -0.3 is 19.7 Å². The average molecular weight is 596 g/mol. The maximum atomic E-state index is 14.2. The van der Waals surface area contributed by atoms with Gasteiger partial charge in [-0.3, -0.25) is 13.9 Å². The highest BCUT2D eigenvalue weighted by Crippen LogP contribution is 2.27. The normalized spacial score (nSPS) is 12.2. The molecule has 1 N–H and O–H groups in total. The van der Waals surface area contributed by atoms with Gasteiger partial charge in [0.2, 0.25) is 11.8 Å². The van der Waals surface area contributed by atoms with Crippen LogP contribution in [0, 0.1) is 0 Å². The molecule has 42 heavy (non-hydrogen) atoms. The molecule has 0 aliphatic rings. The fraction of sp³-hybridized carbons (Fsp3) is 0.375. The van der Waals surface area contributed by atoms with Crippen LogP contribution in [0.2, 0.25) is 0 Å². The van der Waals surface area contributed by atoms with Gasteiger partial charge in [-0.2, -0.15) is 0 Å². The molecule has 0 saturated carbocycles. The molecule has 3 aromatic carbocycles. The van der Waals surface area contributed by atoms with E-state index in [-0.39, 0.29) is 17.3 Å². The van der Waals surface area contributed by atoms with Crippen molar-refractivity contribution in [1.82, 2.24) is 10.2 Å². The van der Waals surface area contributed by atoms with E-state index in [4.69, 9.17) is 9.47 Å². The number of amides is 2. The number of nitrogens with zero attached hydrogens (tertiary/aromatic N) is 2. The molecular weight excluding hydrogens is 554 g/mol. The summed E-state index contributed by atoms with van der Waals surface area (Å²) in [5.41, 5.74) is 0.507. The summed E-state index contributed by atoms with van der Waals surface area (Å²) in [6.45, 7) is 9.30. The maximum absolute atomic E-state index is 14.2. The fourth-order valence-corrected chi connectivity index (χ4v) is 5.90. The minimum absolute atomic E-state index is 0.0450. The number of methoxy groups -OCH3 is 1. The lowest BCUT2D eigenvalue weighted by atomic mass is 10.1. The highest BCUT2D eigenvalue weighted by Gasteiger charge is 2.34. The number of carbonyl (C=O) groups excluding carboxylic acids is 2. The van der Waals surface area contributed by atoms with Crippen molar-refractivity contribution in [1.29, 1.82) is 0 Å². The van der Waals surface area contributed by atoms with E-state index in [9.17, 15) is 18.0 Å². The van der Waals surface area contributed by atoms with Gasteiger partial charge in [-0.15, -0.1) is 0 Å². The van der Waals surface area contributed by atoms with E-state index in [1.807, 2.05) is 40.7 Å². The second-order valence-electron chi connectivity index (χ2n) is 10.8. The Morgan fingerprint density at radius 1 is 0.905 bits per heavy atom. The predicted octanol–water partition coefficient (Wildman–Crippen LogP) is 5.01. The van der Waals surface area contributed by atoms with E-state index in [0.29, 0.717) is 30.2 Å². The number of hydrogen-bond donors (Lipinski definition) is 1. The topological polar surface area (TPSA) is 105 Å². The summed E-state index contributed by atoms with van der Waals surface area (Å²) in [6.07, 6.45) is 0.326. The van der Waals surface area contributed by atoms with Crippen LogP contribution in [0.15, 0.2) is 83.8 Å². The van der Waals surface area contributed by atoms with Gasteiger partial charge in [0.1, 0.15) is 24.1 Å². The first-order valence-electron chi connectivity index (χ1n) is 13.9. The molecule has 0 aliphatic heterocycles. The average Bonchev–Trinajstić information content (AvgIpc) is 2.96. The first kappa shape index (κ1) is 32.5. The highest BCUT2D eigenvalue weighted by molar-refractivity contribution is 7.92. The Balaban J connectivity index is 2.07. The summed E-state index contributed by atoms with van der Waals surface area (Å²) in [6, 6.07) is 20.9. The van der Waals surface area contributed by atoms with Crippen LogP contribution in [0.1, 0.15) is 46.6 Å². The Labute approximate surface area is 249 Å². The number of ether oxygens (including phenoxy) is 2. The van der Waals surface area contributed by atoms with Crippen molar-refractivity contribution in [3.63, 3.8) is 0 Å². The molecular formula is C32H41N3O6S. The van der Waals surface area contributed by atoms with E-state index in [2.05, 4.69) is 5.32 Å². The lowest BCUT2D eigenvalue weighted by molar-refractivity contribution is -0.141. The largest absolute Gasteiger partial charge is 0.497 e. The first-order valence-corrected chi connectivity index (χ1v) is 15.4. The Kier molecular flexibility index (Phi) is 11.0. The zero-order valence-corrected chi connectivity index (χ0v) is 26.0. The summed E-state index contributed by atoms with van der Waals surface area (Å²) < 4.78 is 39.8. The van der Waals surface area contributed by atoms with Crippen molar-refractivity contribution >= 4 is 27.5 Å². The number of anilines is 1. The number of rotatable bonds is 13. The van der Waals surface area contributed by atoms with Crippen LogP contribution in [-0.2, 0) is 26.2 Å². The summed E-state index contributed by atoms with van der Waals surface area (Å²) >= 11 is 0. The molecule has 0 spiro atoms. The van der Waals surface area contributed by atoms with Crippen LogP contribution in [0.3, 0.4) is 0 Å². The monoisotopic (exact) mass is 595 g/mol. The molecule has 2 amide bonds. The van der Waals surface area contributed by atoms with Crippen molar-refractivity contribution in [3.05, 3.63) is 84.4 Å². The fourth-order valence-electron chi connectivity index (χ4n) is 4.46. The van der Waals surface area contributed by atoms with Crippen LogP contribution < -0.4 is 19.1 Å². The minimum Gasteiger partial charge on any atom is -0.497 e. The zero-order chi connectivity index (χ0) is 30.9. The summed E-state index contributed by atoms with van der Waals surface area (Å²) in [5.74, 6) is 0.339. The molecule has 9 nitrogen and oxygen atoms in total. The van der Waals surface area contributed by atoms with Gasteiger partial charge in [0.15, 0.2) is 0 Å². The molecule has 0 saturated heterocycles. The van der Waals surface area contributed by atoms with E-state index < -0.39 is 34.1 Å². The molecule has 0 radical (unpaired) electrons. The van der Waals surface area contributed by atoms with Crippen molar-refractivity contribution in [2.45, 2.75) is 64.1 Å². The maximum Gasteiger partial charge on any atom is 0.264 e. The van der Waals surface area contributed by atoms with Crippen molar-refractivity contribution in [3.8, 4) is 11.5 Å². The molecule has 10 heteroatoms. The summed E-state index contributed by atoms with van der Waals surface area (Å²) in [7, 11) is -2.60. The predicted molar refractivity (Wildman–Crippen MR) is 164 cm³/mol. The van der Waals surface area contributed by atoms with Gasteiger partial charge in [-0.25, -0.2) is 8.42 Å². The van der Waals surface area contributed by atoms with Gasteiger partial charge in [0, 0.05) is 12.1 Å². The number of carbonyl (C=O) groups is 2. The van der Waals surface area contributed by atoms with Gasteiger partial charge >= 0.3 is 0 Å². The minimum atomic E-state index is -4.15. The molecule has 0 fully saturated rings. The van der Waals surface area contributed by atoms with Gasteiger partial charge in [0.05, 0.1) is 24.3 Å². The standard InChI is InChI=1S/C32H41N3O6S/c1-7-29(31(37)33-32(3,4)5)34(22-24-13-12-14-27(21-24)40-6)30(36)23-35(25-17-19-26(20-18-25)41-8-2)42(38,39)28-15-10-9-11-16-28/h9-21,29H,7-8,22-23H2,1-6H3,(H,33,37)/t29-/m0/s1. The molecule has 0 aromatic heterocycles. The van der Waals surface area contributed by atoms with E-state index in [1.165, 1.54) is 17.0 Å². The van der Waals surface area contributed by atoms with Crippen LogP contribution in [0.4, 0.5) is 5.69 Å². The van der Waals surface area contributed by atoms with Crippen LogP contribution in [0.25, 0.3) is 0 Å². The van der Waals surface area contributed by atoms with Gasteiger partial charge in [0.25, 0.3) is 10.0 Å². The van der Waals surface area contributed by atoms with Crippen LogP contribution in [0.5, 0.6) is 11.5 Å². The first-order chi connectivity index (χ1) is 19.9. The second-order valence-corrected chi connectivity index (χ2v) is 12.7. The van der Waals surface area contributed by atoms with Crippen molar-refractivity contribution in [2.24, 2.45) is 0 Å². The third-order valence-electron chi connectivity index (χ3n) is 6.42. The number of hydrogen-bond acceptors (Lipinski definition) is 6. The zero-order valence-electron chi connectivity index (χ0n) is 25.2. The molecule has 3 rings (SSSR count). The van der Waals surface area contributed by atoms with Crippen molar-refractivity contribution in [2.75, 3.05) is 24.6 Å². The Morgan fingerprint density at radius 3 is 2.14 bits per heavy atom. The van der Waals surface area contributed by atoms with Crippen molar-refractivity contribution < 1.29 is 27.5 Å². The Bertz CT molecular complexity index is 1440. The number of benzene rings is 3. The molecule has 0 aliphatic carbocycles. The third-order valence-corrected chi connectivity index (χ3v) is 8.21. The van der Waals surface area contributed by atoms with Crippen LogP contribution in [-0.4, -0.2) is 57.0 Å². The highest BCUT2D eigenvalue weighted by atomic mass is 32.2. The van der Waals surface area contributed by atoms with Gasteiger partial charge in [-0.1, -0.05) is 37.3 Å². The van der Waals surface area contributed by atoms with Crippen LogP contribution >= 0.6 is 0 Å². The molecule has 0 unspecified atom stereocenters. The second kappa shape index (κ2) is 14.2. The van der Waals surface area contributed by atoms with E-state index in [0.717, 1.165) is 9.87 Å². The molecule has 1 atom stereocenters. The smallest absolute Gasteiger partial charge is 0.264 e. The SMILES string of the molecule is CCOc1ccc(N(CC(=O)N(Cc2cccc(OC)c2)[C@@H](CC)C(=O)NC(C)(C)C)S(=O)(=O)c2ccccc2)cc1. The number of nitrogens with one attached hydrogen (secondary N) is 1. The van der Waals surface area contributed by atoms with E-state index in [1.54, 1.807) is 67.8 Å². The Morgan fingerprint density at radius 2 is 1.57 bits per heavy atom. The summed E-state index contributed by atoms with van der Waals surface area (Å²) in [4.78, 5) is 29.1.